The minimum atomic E-state index is -2.62. The summed E-state index contributed by atoms with van der Waals surface area (Å²) in [4.78, 5) is 42.4. The van der Waals surface area contributed by atoms with Gasteiger partial charge in [-0.15, -0.1) is 0 Å². The van der Waals surface area contributed by atoms with Gasteiger partial charge in [0.25, 0.3) is 5.91 Å². The molecule has 188 valence electrons. The maximum absolute atomic E-state index is 13.6. The zero-order valence-corrected chi connectivity index (χ0v) is 20.2. The summed E-state index contributed by atoms with van der Waals surface area (Å²) in [6.45, 7) is 0.720. The van der Waals surface area contributed by atoms with Gasteiger partial charge in [-0.1, -0.05) is 6.07 Å². The molecule has 0 spiro atoms. The number of fused-ring (bicyclic) bond motifs is 3. The third kappa shape index (κ3) is 3.55. The lowest BCUT2D eigenvalue weighted by molar-refractivity contribution is -0.148. The lowest BCUT2D eigenvalue weighted by Crippen LogP contribution is -2.63. The molecule has 0 saturated carbocycles. The highest BCUT2D eigenvalue weighted by Crippen LogP contribution is 2.52. The van der Waals surface area contributed by atoms with Gasteiger partial charge in [-0.2, -0.15) is 0 Å². The summed E-state index contributed by atoms with van der Waals surface area (Å²) in [5.41, 5.74) is 3.36. The fraction of sp³-hybridized carbons (Fsp3) is 0.480. The molecule has 0 heterocycles. The zero-order chi connectivity index (χ0) is 26.0. The number of hydrogen-bond donors (Lipinski definition) is 5. The highest BCUT2D eigenvalue weighted by Gasteiger charge is 2.63. The molecule has 0 saturated heterocycles. The quantitative estimate of drug-likeness (QED) is 0.367. The number of phenols is 1. The van der Waals surface area contributed by atoms with E-state index in [1.807, 2.05) is 19.0 Å². The SMILES string of the molecule is CN(C)CCc1ccc(O)c2c1C[C@H]1C[C@H]3[C@H](N(C)C)C(O)=C(C(N)=O)C(=O)[C@@]3(O)C(O)=C1C2=O. The number of ketones is 2. The molecule has 4 rings (SSSR count). The van der Waals surface area contributed by atoms with Gasteiger partial charge in [-0.3, -0.25) is 19.3 Å². The van der Waals surface area contributed by atoms with Crippen molar-refractivity contribution in [3.8, 4) is 5.75 Å². The summed E-state index contributed by atoms with van der Waals surface area (Å²) >= 11 is 0. The van der Waals surface area contributed by atoms with E-state index in [-0.39, 0.29) is 23.3 Å². The van der Waals surface area contributed by atoms with Crippen molar-refractivity contribution < 1.29 is 34.8 Å². The van der Waals surface area contributed by atoms with Crippen molar-refractivity contribution >= 4 is 17.5 Å². The van der Waals surface area contributed by atoms with Crippen LogP contribution < -0.4 is 5.73 Å². The summed E-state index contributed by atoms with van der Waals surface area (Å²) in [6, 6.07) is 2.21. The zero-order valence-electron chi connectivity index (χ0n) is 20.2. The number of allylic oxidation sites excluding steroid dienone is 1. The first-order valence-corrected chi connectivity index (χ1v) is 11.5. The molecular formula is C25H31N3O7. The Morgan fingerprint density at radius 3 is 2.37 bits per heavy atom. The van der Waals surface area contributed by atoms with E-state index in [0.717, 1.165) is 12.1 Å². The minimum Gasteiger partial charge on any atom is -0.510 e. The standard InChI is InChI=1S/C25H31N3O7/c1-27(2)8-7-11-5-6-15(29)17-13(11)9-12-10-14-19(28(3)4)21(31)18(24(26)34)23(33)25(14,35)22(32)16(12)20(17)30/h5-6,12,14,19,29,31-32,35H,7-10H2,1-4H3,(H2,26,34)/t12-,14-,19-,25-/m0/s1. The molecule has 10 nitrogen and oxygen atoms in total. The van der Waals surface area contributed by atoms with Gasteiger partial charge in [0.2, 0.25) is 5.78 Å². The molecule has 0 aliphatic heterocycles. The second-order valence-electron chi connectivity index (χ2n) is 10.1. The van der Waals surface area contributed by atoms with Gasteiger partial charge < -0.3 is 31.1 Å². The van der Waals surface area contributed by atoms with Crippen LogP contribution in [0, 0.1) is 11.8 Å². The molecule has 3 aliphatic carbocycles. The average Bonchev–Trinajstić information content (AvgIpc) is 2.75. The van der Waals surface area contributed by atoms with Crippen molar-refractivity contribution in [2.45, 2.75) is 30.9 Å². The molecule has 0 aromatic heterocycles. The molecule has 0 radical (unpaired) electrons. The first kappa shape index (κ1) is 24.9. The number of Topliss-reactive ketones (excluding diaryl/α,β-unsaturated/α-hetero) is 2. The maximum atomic E-state index is 13.6. The molecule has 1 aromatic carbocycles. The number of aliphatic hydroxyl groups excluding tert-OH is 2. The van der Waals surface area contributed by atoms with Crippen LogP contribution in [0.4, 0.5) is 0 Å². The van der Waals surface area contributed by atoms with E-state index in [0.29, 0.717) is 18.4 Å². The van der Waals surface area contributed by atoms with E-state index in [9.17, 15) is 34.8 Å². The van der Waals surface area contributed by atoms with Crippen LogP contribution >= 0.6 is 0 Å². The van der Waals surface area contributed by atoms with Crippen molar-refractivity contribution in [3.05, 3.63) is 51.5 Å². The molecule has 1 amide bonds. The predicted molar refractivity (Wildman–Crippen MR) is 126 cm³/mol. The number of hydrogen-bond acceptors (Lipinski definition) is 9. The number of rotatable bonds is 5. The Balaban J connectivity index is 1.91. The molecule has 0 fully saturated rings. The third-order valence-electron chi connectivity index (χ3n) is 7.53. The summed E-state index contributed by atoms with van der Waals surface area (Å²) in [5, 5.41) is 44.2. The van der Waals surface area contributed by atoms with Crippen molar-refractivity contribution in [2.75, 3.05) is 34.7 Å². The lowest BCUT2D eigenvalue weighted by Gasteiger charge is -2.50. The van der Waals surface area contributed by atoms with Crippen molar-refractivity contribution in [2.24, 2.45) is 17.6 Å². The second-order valence-corrected chi connectivity index (χ2v) is 10.1. The number of carbonyl (C=O) groups excluding carboxylic acids is 3. The number of benzene rings is 1. The minimum absolute atomic E-state index is 0.0436. The van der Waals surface area contributed by atoms with Gasteiger partial charge in [0.1, 0.15) is 22.8 Å². The summed E-state index contributed by atoms with van der Waals surface area (Å²) in [6.07, 6.45) is 1.01. The van der Waals surface area contributed by atoms with E-state index in [1.165, 1.54) is 11.0 Å². The van der Waals surface area contributed by atoms with E-state index >= 15 is 0 Å². The van der Waals surface area contributed by atoms with Crippen LogP contribution in [0.15, 0.2) is 34.8 Å². The Hall–Kier alpha value is -3.21. The van der Waals surface area contributed by atoms with Crippen LogP contribution in [-0.2, 0) is 22.4 Å². The smallest absolute Gasteiger partial charge is 0.255 e. The third-order valence-corrected chi connectivity index (χ3v) is 7.53. The van der Waals surface area contributed by atoms with E-state index in [4.69, 9.17) is 5.73 Å². The predicted octanol–water partition coefficient (Wildman–Crippen LogP) is 0.225. The summed E-state index contributed by atoms with van der Waals surface area (Å²) in [7, 11) is 7.07. The second kappa shape index (κ2) is 8.47. The fourth-order valence-electron chi connectivity index (χ4n) is 5.89. The molecule has 1 aromatic rings. The van der Waals surface area contributed by atoms with E-state index < -0.39 is 58.0 Å². The summed E-state index contributed by atoms with van der Waals surface area (Å²) in [5.74, 6) is -6.43. The Morgan fingerprint density at radius 1 is 1.14 bits per heavy atom. The van der Waals surface area contributed by atoms with Gasteiger partial charge >= 0.3 is 0 Å². The Kier molecular flexibility index (Phi) is 6.03. The molecule has 6 N–H and O–H groups in total. The Morgan fingerprint density at radius 2 is 1.80 bits per heavy atom. The Labute approximate surface area is 202 Å². The van der Waals surface area contributed by atoms with Crippen molar-refractivity contribution in [1.82, 2.24) is 9.80 Å². The highest BCUT2D eigenvalue weighted by molar-refractivity contribution is 6.24. The molecule has 4 atom stereocenters. The van der Waals surface area contributed by atoms with Gasteiger partial charge in [-0.25, -0.2) is 0 Å². The first-order valence-electron chi connectivity index (χ1n) is 11.5. The van der Waals surface area contributed by atoms with E-state index in [1.54, 1.807) is 20.2 Å². The largest absolute Gasteiger partial charge is 0.510 e. The number of nitrogens with zero attached hydrogens (tertiary/aromatic N) is 2. The van der Waals surface area contributed by atoms with Crippen molar-refractivity contribution in [3.63, 3.8) is 0 Å². The topological polar surface area (TPSA) is 165 Å². The number of nitrogens with two attached hydrogens (primary N) is 1. The highest BCUT2D eigenvalue weighted by atomic mass is 16.3. The number of likely N-dealkylation sites (N-methyl/N-ethyl adjacent to an activating group) is 2. The molecule has 10 heteroatoms. The van der Waals surface area contributed by atoms with Crippen LogP contribution in [0.2, 0.25) is 0 Å². The van der Waals surface area contributed by atoms with Gasteiger partial charge in [0.15, 0.2) is 11.4 Å². The number of amides is 1. The normalized spacial score (nSPS) is 28.4. The fourth-order valence-corrected chi connectivity index (χ4v) is 5.89. The molecule has 3 aliphatic rings. The number of primary amides is 1. The molecular weight excluding hydrogens is 454 g/mol. The van der Waals surface area contributed by atoms with Gasteiger partial charge in [0, 0.05) is 18.0 Å². The number of aliphatic hydroxyl groups is 3. The molecule has 35 heavy (non-hydrogen) atoms. The lowest BCUT2D eigenvalue weighted by atomic mass is 9.58. The number of carbonyl (C=O) groups is 3. The molecule has 0 bridgehead atoms. The first-order chi connectivity index (χ1) is 16.3. The maximum Gasteiger partial charge on any atom is 0.255 e. The van der Waals surface area contributed by atoms with Crippen LogP contribution in [0.25, 0.3) is 0 Å². The monoisotopic (exact) mass is 485 g/mol. The van der Waals surface area contributed by atoms with Crippen molar-refractivity contribution in [1.29, 1.82) is 0 Å². The molecule has 0 unspecified atom stereocenters. The van der Waals surface area contributed by atoms with Gasteiger partial charge in [-0.05, 0) is 70.6 Å². The van der Waals surface area contributed by atoms with Crippen LogP contribution in [0.3, 0.4) is 0 Å². The number of aromatic hydroxyl groups is 1. The number of phenolic OH excluding ortho intramolecular Hbond substituents is 1. The van der Waals surface area contributed by atoms with Gasteiger partial charge in [0.05, 0.1) is 11.6 Å². The summed E-state index contributed by atoms with van der Waals surface area (Å²) < 4.78 is 0. The van der Waals surface area contributed by atoms with Crippen LogP contribution in [-0.4, -0.2) is 94.1 Å². The average molecular weight is 486 g/mol. The van der Waals surface area contributed by atoms with E-state index in [2.05, 4.69) is 0 Å². The van der Waals surface area contributed by atoms with Crippen LogP contribution in [0.5, 0.6) is 5.75 Å². The van der Waals surface area contributed by atoms with Crippen LogP contribution in [0.1, 0.15) is 27.9 Å². The Bertz CT molecular complexity index is 1200.